The lowest BCUT2D eigenvalue weighted by Crippen LogP contribution is -2.38. The third-order valence-electron chi connectivity index (χ3n) is 1.57. The molecule has 0 aromatic rings. The zero-order chi connectivity index (χ0) is 9.57. The summed E-state index contributed by atoms with van der Waals surface area (Å²) in [5.41, 5.74) is 0. The molecule has 6 heteroatoms. The van der Waals surface area contributed by atoms with Gasteiger partial charge >= 0.3 is 0 Å². The van der Waals surface area contributed by atoms with Gasteiger partial charge in [-0.05, 0) is 0 Å². The monoisotopic (exact) mass is 229 g/mol. The molecule has 1 N–H and O–H groups in total. The molecular weight excluding hydrogens is 224 g/mol. The van der Waals surface area contributed by atoms with Gasteiger partial charge in [0.1, 0.15) is 4.33 Å². The van der Waals surface area contributed by atoms with Crippen molar-refractivity contribution >= 4 is 46.6 Å². The first-order valence-corrected chi connectivity index (χ1v) is 4.32. The van der Waals surface area contributed by atoms with Gasteiger partial charge in [-0.15, -0.1) is 11.6 Å². The number of carbonyl (C=O) groups is 2. The lowest BCUT2D eigenvalue weighted by Gasteiger charge is -2.07. The molecule has 0 saturated heterocycles. The van der Waals surface area contributed by atoms with E-state index in [2.05, 4.69) is 0 Å². The zero-order valence-corrected chi connectivity index (χ0v) is 8.43. The summed E-state index contributed by atoms with van der Waals surface area (Å²) >= 11 is 16.9. The average Bonchev–Trinajstić information content (AvgIpc) is 2.32. The molecule has 0 spiro atoms. The summed E-state index contributed by atoms with van der Waals surface area (Å²) in [7, 11) is 0. The van der Waals surface area contributed by atoms with E-state index < -0.39 is 21.0 Å². The first-order valence-electron chi connectivity index (χ1n) is 3.18. The quantitative estimate of drug-likeness (QED) is 0.688. The Labute approximate surface area is 84.3 Å². The van der Waals surface area contributed by atoms with E-state index in [1.165, 1.54) is 6.92 Å². The van der Waals surface area contributed by atoms with Crippen molar-refractivity contribution in [2.45, 2.75) is 22.6 Å². The number of hydrogen-bond acceptors (Lipinski definition) is 2. The fraction of sp³-hybridized carbons (Fsp3) is 0.667. The largest absolute Gasteiger partial charge is 0.295 e. The van der Waals surface area contributed by atoms with Crippen LogP contribution in [0.25, 0.3) is 0 Å². The highest BCUT2D eigenvalue weighted by atomic mass is 35.5. The van der Waals surface area contributed by atoms with Crippen LogP contribution in [0.3, 0.4) is 0 Å². The van der Waals surface area contributed by atoms with Crippen LogP contribution in [0.15, 0.2) is 0 Å². The summed E-state index contributed by atoms with van der Waals surface area (Å²) in [5.74, 6) is -1.11. The summed E-state index contributed by atoms with van der Waals surface area (Å²) in [4.78, 5) is 20.3. The minimum atomic E-state index is -1.33. The maximum Gasteiger partial charge on any atom is 0.250 e. The van der Waals surface area contributed by atoms with Crippen LogP contribution in [0.5, 0.6) is 0 Å². The number of halogens is 3. The maximum absolute atomic E-state index is 11.1. The number of imide groups is 1. The van der Waals surface area contributed by atoms with Crippen molar-refractivity contribution in [2.75, 3.05) is 0 Å². The molecule has 1 aliphatic rings. The standard InChI is InChI=1S/C6H6Cl3NO2/c1-3(11)10-4(12)5(7)2-6(5,8)9/h2H2,1H3,(H,10,11,12). The topological polar surface area (TPSA) is 46.2 Å². The third-order valence-corrected chi connectivity index (χ3v) is 3.30. The minimum absolute atomic E-state index is 0.157. The number of rotatable bonds is 1. The molecule has 0 aliphatic heterocycles. The van der Waals surface area contributed by atoms with E-state index in [1.54, 1.807) is 0 Å². The second-order valence-corrected chi connectivity index (χ2v) is 4.82. The highest BCUT2D eigenvalue weighted by Gasteiger charge is 2.71. The van der Waals surface area contributed by atoms with E-state index in [0.29, 0.717) is 0 Å². The number of amides is 2. The lowest BCUT2D eigenvalue weighted by molar-refractivity contribution is -0.129. The van der Waals surface area contributed by atoms with Crippen LogP contribution in [0.1, 0.15) is 13.3 Å². The fourth-order valence-corrected chi connectivity index (χ4v) is 1.72. The van der Waals surface area contributed by atoms with Gasteiger partial charge in [0.2, 0.25) is 5.91 Å². The predicted octanol–water partition coefficient (Wildman–Crippen LogP) is 1.20. The minimum Gasteiger partial charge on any atom is -0.295 e. The molecule has 2 amide bonds. The second kappa shape index (κ2) is 2.76. The summed E-state index contributed by atoms with van der Waals surface area (Å²) in [6.07, 6.45) is 0.157. The van der Waals surface area contributed by atoms with Crippen molar-refractivity contribution in [3.05, 3.63) is 0 Å². The van der Waals surface area contributed by atoms with E-state index in [4.69, 9.17) is 34.8 Å². The van der Waals surface area contributed by atoms with Gasteiger partial charge in [-0.2, -0.15) is 0 Å². The van der Waals surface area contributed by atoms with Crippen LogP contribution in [0.4, 0.5) is 0 Å². The number of nitrogens with one attached hydrogen (secondary N) is 1. The Morgan fingerprint density at radius 1 is 1.33 bits per heavy atom. The van der Waals surface area contributed by atoms with Gasteiger partial charge < -0.3 is 0 Å². The van der Waals surface area contributed by atoms with Crippen molar-refractivity contribution in [1.82, 2.24) is 5.32 Å². The Kier molecular flexibility index (Phi) is 2.32. The van der Waals surface area contributed by atoms with Crippen LogP contribution >= 0.6 is 34.8 Å². The molecule has 1 rings (SSSR count). The molecule has 0 radical (unpaired) electrons. The van der Waals surface area contributed by atoms with Crippen molar-refractivity contribution in [3.63, 3.8) is 0 Å². The highest BCUT2D eigenvalue weighted by molar-refractivity contribution is 6.62. The van der Waals surface area contributed by atoms with Gasteiger partial charge in [0, 0.05) is 13.3 Å². The first-order chi connectivity index (χ1) is 5.29. The Balaban J connectivity index is 2.62. The molecule has 0 heterocycles. The molecule has 12 heavy (non-hydrogen) atoms. The van der Waals surface area contributed by atoms with Gasteiger partial charge in [-0.1, -0.05) is 23.2 Å². The zero-order valence-electron chi connectivity index (χ0n) is 6.16. The van der Waals surface area contributed by atoms with Gasteiger partial charge in [-0.25, -0.2) is 0 Å². The van der Waals surface area contributed by atoms with Crippen LogP contribution in [-0.2, 0) is 9.59 Å². The number of carbonyl (C=O) groups excluding carboxylic acids is 2. The molecule has 0 aromatic heterocycles. The van der Waals surface area contributed by atoms with Crippen LogP contribution in [0.2, 0.25) is 0 Å². The average molecular weight is 230 g/mol. The summed E-state index contributed by atoms with van der Waals surface area (Å²) in [5, 5.41) is 2.02. The smallest absolute Gasteiger partial charge is 0.250 e. The highest BCUT2D eigenvalue weighted by Crippen LogP contribution is 2.61. The molecule has 1 fully saturated rings. The molecule has 68 valence electrons. The van der Waals surface area contributed by atoms with Gasteiger partial charge in [0.15, 0.2) is 4.87 Å². The lowest BCUT2D eigenvalue weighted by atomic mass is 10.4. The third kappa shape index (κ3) is 1.53. The molecular formula is C6H6Cl3NO2. The summed E-state index contributed by atoms with van der Waals surface area (Å²) in [6.45, 7) is 1.21. The van der Waals surface area contributed by atoms with E-state index in [9.17, 15) is 9.59 Å². The first kappa shape index (κ1) is 10.1. The van der Waals surface area contributed by atoms with E-state index in [1.807, 2.05) is 5.32 Å². The van der Waals surface area contributed by atoms with Crippen LogP contribution in [0, 0.1) is 0 Å². The van der Waals surface area contributed by atoms with Gasteiger partial charge in [0.25, 0.3) is 5.91 Å². The van der Waals surface area contributed by atoms with Crippen molar-refractivity contribution < 1.29 is 9.59 Å². The Morgan fingerprint density at radius 2 is 1.75 bits per heavy atom. The second-order valence-electron chi connectivity index (χ2n) is 2.69. The van der Waals surface area contributed by atoms with E-state index in [0.717, 1.165) is 0 Å². The van der Waals surface area contributed by atoms with Crippen LogP contribution in [-0.4, -0.2) is 21.0 Å². The van der Waals surface area contributed by atoms with Crippen molar-refractivity contribution in [2.24, 2.45) is 0 Å². The summed E-state index contributed by atoms with van der Waals surface area (Å²) in [6, 6.07) is 0. The van der Waals surface area contributed by atoms with Gasteiger partial charge in [0.05, 0.1) is 0 Å². The SMILES string of the molecule is CC(=O)NC(=O)C1(Cl)CC1(Cl)Cl. The van der Waals surface area contributed by atoms with E-state index >= 15 is 0 Å². The maximum atomic E-state index is 11.1. The van der Waals surface area contributed by atoms with Crippen molar-refractivity contribution in [3.8, 4) is 0 Å². The van der Waals surface area contributed by atoms with E-state index in [-0.39, 0.29) is 6.42 Å². The van der Waals surface area contributed by atoms with Crippen LogP contribution < -0.4 is 5.32 Å². The fourth-order valence-electron chi connectivity index (χ4n) is 0.767. The van der Waals surface area contributed by atoms with Gasteiger partial charge in [-0.3, -0.25) is 14.9 Å². The normalized spacial score (nSPS) is 31.0. The molecule has 1 atom stereocenters. The Morgan fingerprint density at radius 3 is 2.00 bits per heavy atom. The number of alkyl halides is 3. The molecule has 1 saturated carbocycles. The molecule has 1 unspecified atom stereocenters. The Hall–Kier alpha value is 0.01000. The predicted molar refractivity (Wildman–Crippen MR) is 46.5 cm³/mol. The number of hydrogen-bond donors (Lipinski definition) is 1. The Bertz CT molecular complexity index is 253. The van der Waals surface area contributed by atoms with Crippen molar-refractivity contribution in [1.29, 1.82) is 0 Å². The molecule has 1 aliphatic carbocycles. The molecule has 0 bridgehead atoms. The summed E-state index contributed by atoms with van der Waals surface area (Å²) < 4.78 is -1.24. The molecule has 0 aromatic carbocycles. The molecule has 3 nitrogen and oxygen atoms in total.